The number of carbonyl (C=O) groups is 1. The summed E-state index contributed by atoms with van der Waals surface area (Å²) in [7, 11) is 1.83. The maximum atomic E-state index is 12.2. The lowest BCUT2D eigenvalue weighted by Crippen LogP contribution is -2.41. The van der Waals surface area contributed by atoms with Gasteiger partial charge in [0.1, 0.15) is 18.5 Å². The Labute approximate surface area is 135 Å². The van der Waals surface area contributed by atoms with E-state index in [1.165, 1.54) is 6.42 Å². The maximum absolute atomic E-state index is 12.2. The molecular formula is C15H23N7O. The summed E-state index contributed by atoms with van der Waals surface area (Å²) in [6.45, 7) is 5.07. The van der Waals surface area contributed by atoms with Gasteiger partial charge in [-0.25, -0.2) is 4.98 Å². The van der Waals surface area contributed by atoms with Gasteiger partial charge in [0, 0.05) is 26.2 Å². The molecule has 3 rings (SSSR count). The summed E-state index contributed by atoms with van der Waals surface area (Å²) in [6, 6.07) is 1.88. The molecule has 8 nitrogen and oxygen atoms in total. The minimum absolute atomic E-state index is 0.00871. The molecule has 0 aromatic carbocycles. The predicted octanol–water partition coefficient (Wildman–Crippen LogP) is 0.671. The van der Waals surface area contributed by atoms with Crippen LogP contribution in [0.4, 0.5) is 5.82 Å². The SMILES string of the molecule is Cc1cc(NC(=O)CN2CCC[C@H](Cn3cncn3)C2)n(C)n1. The van der Waals surface area contributed by atoms with Gasteiger partial charge in [-0.3, -0.25) is 19.1 Å². The summed E-state index contributed by atoms with van der Waals surface area (Å²) in [6.07, 6.45) is 5.58. The standard InChI is InChI=1S/C15H23N7O/c1-12-6-14(20(2)19-12)18-15(23)9-21-5-3-4-13(7-21)8-22-11-16-10-17-22/h6,10-11,13H,3-5,7-9H2,1-2H3,(H,18,23)/t13-/m0/s1. The molecular weight excluding hydrogens is 294 g/mol. The van der Waals surface area contributed by atoms with Crippen LogP contribution in [-0.2, 0) is 18.4 Å². The number of nitrogens with zero attached hydrogens (tertiary/aromatic N) is 6. The number of anilines is 1. The average Bonchev–Trinajstić information content (AvgIpc) is 3.09. The number of likely N-dealkylation sites (tertiary alicyclic amines) is 1. The predicted molar refractivity (Wildman–Crippen MR) is 85.8 cm³/mol. The van der Waals surface area contributed by atoms with E-state index >= 15 is 0 Å². The van der Waals surface area contributed by atoms with E-state index in [0.29, 0.717) is 12.5 Å². The van der Waals surface area contributed by atoms with Crippen LogP contribution in [0.15, 0.2) is 18.7 Å². The van der Waals surface area contributed by atoms with Crippen LogP contribution >= 0.6 is 0 Å². The summed E-state index contributed by atoms with van der Waals surface area (Å²) in [5.41, 5.74) is 0.897. The Morgan fingerprint density at radius 2 is 2.35 bits per heavy atom. The lowest BCUT2D eigenvalue weighted by atomic mass is 9.98. The first kappa shape index (κ1) is 15.7. The van der Waals surface area contributed by atoms with Gasteiger partial charge in [0.05, 0.1) is 12.2 Å². The largest absolute Gasteiger partial charge is 0.310 e. The maximum Gasteiger partial charge on any atom is 0.239 e. The fraction of sp³-hybridized carbons (Fsp3) is 0.600. The van der Waals surface area contributed by atoms with Gasteiger partial charge in [-0.1, -0.05) is 0 Å². The zero-order chi connectivity index (χ0) is 16.2. The van der Waals surface area contributed by atoms with Crippen LogP contribution in [0.5, 0.6) is 0 Å². The highest BCUT2D eigenvalue weighted by Crippen LogP contribution is 2.18. The van der Waals surface area contributed by atoms with Crippen molar-refractivity contribution in [3.05, 3.63) is 24.4 Å². The molecule has 0 radical (unpaired) electrons. The number of hydrogen-bond acceptors (Lipinski definition) is 5. The fourth-order valence-corrected chi connectivity index (χ4v) is 3.15. The van der Waals surface area contributed by atoms with E-state index in [0.717, 1.165) is 37.6 Å². The van der Waals surface area contributed by atoms with Crippen molar-refractivity contribution in [1.29, 1.82) is 0 Å². The third-order valence-corrected chi connectivity index (χ3v) is 4.15. The average molecular weight is 317 g/mol. The molecule has 1 fully saturated rings. The van der Waals surface area contributed by atoms with E-state index < -0.39 is 0 Å². The van der Waals surface area contributed by atoms with Crippen molar-refractivity contribution in [3.8, 4) is 0 Å². The molecule has 1 amide bonds. The van der Waals surface area contributed by atoms with Crippen LogP contribution in [-0.4, -0.2) is 55.0 Å². The molecule has 1 aliphatic heterocycles. The summed E-state index contributed by atoms with van der Waals surface area (Å²) in [5.74, 6) is 1.26. The highest BCUT2D eigenvalue weighted by atomic mass is 16.2. The summed E-state index contributed by atoms with van der Waals surface area (Å²) < 4.78 is 3.56. The molecule has 23 heavy (non-hydrogen) atoms. The molecule has 8 heteroatoms. The molecule has 1 atom stereocenters. The van der Waals surface area contributed by atoms with Gasteiger partial charge in [0.25, 0.3) is 0 Å². The molecule has 1 saturated heterocycles. The first-order valence-corrected chi connectivity index (χ1v) is 7.95. The molecule has 0 aliphatic carbocycles. The van der Waals surface area contributed by atoms with Crippen molar-refractivity contribution in [2.75, 3.05) is 25.0 Å². The topological polar surface area (TPSA) is 80.9 Å². The zero-order valence-electron chi connectivity index (χ0n) is 13.6. The van der Waals surface area contributed by atoms with Gasteiger partial charge in [-0.05, 0) is 32.2 Å². The van der Waals surface area contributed by atoms with Gasteiger partial charge in [0.15, 0.2) is 0 Å². The molecule has 1 aliphatic rings. The number of amides is 1. The number of aromatic nitrogens is 5. The highest BCUT2D eigenvalue weighted by molar-refractivity contribution is 5.91. The van der Waals surface area contributed by atoms with E-state index in [-0.39, 0.29) is 5.91 Å². The first-order valence-electron chi connectivity index (χ1n) is 7.95. The van der Waals surface area contributed by atoms with Crippen LogP contribution in [0.25, 0.3) is 0 Å². The Morgan fingerprint density at radius 3 is 3.04 bits per heavy atom. The first-order chi connectivity index (χ1) is 11.1. The molecule has 2 aromatic heterocycles. The minimum atomic E-state index is 0.00871. The van der Waals surface area contributed by atoms with Gasteiger partial charge in [0.2, 0.25) is 5.91 Å². The molecule has 2 aromatic rings. The highest BCUT2D eigenvalue weighted by Gasteiger charge is 2.22. The van der Waals surface area contributed by atoms with E-state index in [1.807, 2.05) is 24.7 Å². The van der Waals surface area contributed by atoms with Crippen molar-refractivity contribution < 1.29 is 4.79 Å². The normalized spacial score (nSPS) is 19.0. The van der Waals surface area contributed by atoms with Crippen molar-refractivity contribution in [3.63, 3.8) is 0 Å². The second-order valence-corrected chi connectivity index (χ2v) is 6.20. The minimum Gasteiger partial charge on any atom is -0.310 e. The molecule has 3 heterocycles. The molecule has 0 unspecified atom stereocenters. The second-order valence-electron chi connectivity index (χ2n) is 6.20. The molecule has 1 N–H and O–H groups in total. The van der Waals surface area contributed by atoms with E-state index in [9.17, 15) is 4.79 Å². The van der Waals surface area contributed by atoms with Gasteiger partial charge in [-0.15, -0.1) is 0 Å². The number of rotatable bonds is 5. The third kappa shape index (κ3) is 4.16. The Balaban J connectivity index is 1.50. The smallest absolute Gasteiger partial charge is 0.239 e. The van der Waals surface area contributed by atoms with Crippen molar-refractivity contribution in [1.82, 2.24) is 29.4 Å². The Kier molecular flexibility index (Phi) is 4.71. The number of piperidine rings is 1. The van der Waals surface area contributed by atoms with Crippen LogP contribution in [0.3, 0.4) is 0 Å². The lowest BCUT2D eigenvalue weighted by molar-refractivity contribution is -0.117. The van der Waals surface area contributed by atoms with E-state index in [2.05, 4.69) is 25.4 Å². The molecule has 0 spiro atoms. The van der Waals surface area contributed by atoms with Crippen molar-refractivity contribution >= 4 is 11.7 Å². The van der Waals surface area contributed by atoms with Crippen LogP contribution < -0.4 is 5.32 Å². The molecule has 0 saturated carbocycles. The third-order valence-electron chi connectivity index (χ3n) is 4.15. The van der Waals surface area contributed by atoms with Crippen molar-refractivity contribution in [2.24, 2.45) is 13.0 Å². The summed E-state index contributed by atoms with van der Waals surface area (Å²) >= 11 is 0. The van der Waals surface area contributed by atoms with E-state index in [4.69, 9.17) is 0 Å². The quantitative estimate of drug-likeness (QED) is 0.876. The van der Waals surface area contributed by atoms with Crippen LogP contribution in [0.1, 0.15) is 18.5 Å². The monoisotopic (exact) mass is 317 g/mol. The number of aryl methyl sites for hydroxylation is 2. The zero-order valence-corrected chi connectivity index (χ0v) is 13.6. The second kappa shape index (κ2) is 6.91. The van der Waals surface area contributed by atoms with E-state index in [1.54, 1.807) is 17.3 Å². The fourth-order valence-electron chi connectivity index (χ4n) is 3.15. The van der Waals surface area contributed by atoms with Gasteiger partial charge >= 0.3 is 0 Å². The molecule has 124 valence electrons. The number of nitrogens with one attached hydrogen (secondary N) is 1. The summed E-state index contributed by atoms with van der Waals surface area (Å²) in [4.78, 5) is 18.4. The Hall–Kier alpha value is -2.22. The number of hydrogen-bond donors (Lipinski definition) is 1. The Morgan fingerprint density at radius 1 is 1.48 bits per heavy atom. The van der Waals surface area contributed by atoms with Gasteiger partial charge < -0.3 is 5.32 Å². The van der Waals surface area contributed by atoms with Crippen molar-refractivity contribution in [2.45, 2.75) is 26.3 Å². The lowest BCUT2D eigenvalue weighted by Gasteiger charge is -2.32. The molecule has 0 bridgehead atoms. The van der Waals surface area contributed by atoms with Crippen LogP contribution in [0.2, 0.25) is 0 Å². The Bertz CT molecular complexity index is 649. The number of carbonyl (C=O) groups excluding carboxylic acids is 1. The van der Waals surface area contributed by atoms with Gasteiger partial charge in [-0.2, -0.15) is 10.2 Å². The van der Waals surface area contributed by atoms with Crippen LogP contribution in [0, 0.1) is 12.8 Å². The summed E-state index contributed by atoms with van der Waals surface area (Å²) in [5, 5.41) is 11.3.